The number of ketones is 1. The summed E-state index contributed by atoms with van der Waals surface area (Å²) in [4.78, 5) is 28.8. The molecule has 1 amide bonds. The first-order valence-electron chi connectivity index (χ1n) is 10.7. The highest BCUT2D eigenvalue weighted by Gasteiger charge is 2.42. The van der Waals surface area contributed by atoms with E-state index >= 15 is 0 Å². The van der Waals surface area contributed by atoms with Gasteiger partial charge in [-0.3, -0.25) is 9.59 Å². The van der Waals surface area contributed by atoms with Crippen molar-refractivity contribution in [1.29, 1.82) is 0 Å². The van der Waals surface area contributed by atoms with E-state index in [1.165, 1.54) is 6.92 Å². The van der Waals surface area contributed by atoms with Crippen LogP contribution in [0.3, 0.4) is 0 Å². The van der Waals surface area contributed by atoms with Crippen LogP contribution < -0.4 is 0 Å². The van der Waals surface area contributed by atoms with E-state index in [2.05, 4.69) is 18.7 Å². The molecule has 1 aromatic rings. The van der Waals surface area contributed by atoms with Crippen molar-refractivity contribution in [3.8, 4) is 5.75 Å². The van der Waals surface area contributed by atoms with Gasteiger partial charge in [-0.1, -0.05) is 38.8 Å². The highest BCUT2D eigenvalue weighted by atomic mass is 16.3. The van der Waals surface area contributed by atoms with Crippen molar-refractivity contribution in [2.75, 3.05) is 26.2 Å². The second-order valence-corrected chi connectivity index (χ2v) is 7.72. The molecule has 1 aliphatic rings. The summed E-state index contributed by atoms with van der Waals surface area (Å²) in [7, 11) is 0. The van der Waals surface area contributed by atoms with Crippen molar-refractivity contribution < 1.29 is 19.8 Å². The van der Waals surface area contributed by atoms with Crippen LogP contribution in [-0.4, -0.2) is 57.9 Å². The van der Waals surface area contributed by atoms with Crippen molar-refractivity contribution in [1.82, 2.24) is 9.80 Å². The lowest BCUT2D eigenvalue weighted by molar-refractivity contribution is -0.129. The first-order chi connectivity index (χ1) is 13.9. The molecule has 6 nitrogen and oxygen atoms in total. The van der Waals surface area contributed by atoms with E-state index in [1.54, 1.807) is 29.2 Å². The van der Waals surface area contributed by atoms with E-state index in [9.17, 15) is 19.8 Å². The topological polar surface area (TPSA) is 81.1 Å². The monoisotopic (exact) mass is 402 g/mol. The molecule has 1 aromatic carbocycles. The summed E-state index contributed by atoms with van der Waals surface area (Å²) >= 11 is 0. The van der Waals surface area contributed by atoms with E-state index in [4.69, 9.17) is 0 Å². The molecular formula is C23H34N2O4. The maximum absolute atomic E-state index is 12.7. The number of carbonyl (C=O) groups excluding carboxylic acids is 2. The lowest BCUT2D eigenvalue weighted by atomic mass is 9.96. The number of rotatable bonds is 12. The van der Waals surface area contributed by atoms with Crippen LogP contribution in [0, 0.1) is 0 Å². The Bertz CT molecular complexity index is 736. The SMILES string of the molecule is CCCCN(CCCC)CCCN1C(=O)C(O)=C(C(C)=O)[C@H]1c1cccc(O)c1. The molecule has 0 bridgehead atoms. The van der Waals surface area contributed by atoms with E-state index in [0.717, 1.165) is 51.7 Å². The molecule has 0 saturated carbocycles. The minimum absolute atomic E-state index is 0.0643. The standard InChI is InChI=1S/C23H34N2O4/c1-4-6-12-24(13-7-5-2)14-9-15-25-21(18-10-8-11-19(27)16-18)20(17(3)26)22(28)23(25)29/h8,10-11,16,21,27-28H,4-7,9,12-15H2,1-3H3/t21-/m1/s1. The molecule has 29 heavy (non-hydrogen) atoms. The summed E-state index contributed by atoms with van der Waals surface area (Å²) in [6.07, 6.45) is 5.34. The molecule has 0 saturated heterocycles. The third-order valence-corrected chi connectivity index (χ3v) is 5.40. The fourth-order valence-electron chi connectivity index (χ4n) is 3.85. The summed E-state index contributed by atoms with van der Waals surface area (Å²) in [5, 5.41) is 20.2. The molecule has 0 spiro atoms. The van der Waals surface area contributed by atoms with Gasteiger partial charge in [-0.05, 0) is 63.5 Å². The number of hydrogen-bond acceptors (Lipinski definition) is 5. The van der Waals surface area contributed by atoms with Gasteiger partial charge in [-0.15, -0.1) is 0 Å². The van der Waals surface area contributed by atoms with Crippen molar-refractivity contribution in [3.63, 3.8) is 0 Å². The summed E-state index contributed by atoms with van der Waals surface area (Å²) < 4.78 is 0. The Balaban J connectivity index is 2.15. The molecule has 0 radical (unpaired) electrons. The number of unbranched alkanes of at least 4 members (excludes halogenated alkanes) is 2. The molecule has 6 heteroatoms. The number of amides is 1. The van der Waals surface area contributed by atoms with E-state index in [0.29, 0.717) is 12.1 Å². The zero-order chi connectivity index (χ0) is 21.4. The Morgan fingerprint density at radius 3 is 2.24 bits per heavy atom. The highest BCUT2D eigenvalue weighted by molar-refractivity contribution is 6.08. The zero-order valence-corrected chi connectivity index (χ0v) is 17.9. The molecule has 0 aliphatic carbocycles. The molecule has 1 atom stereocenters. The first kappa shape index (κ1) is 22.9. The van der Waals surface area contributed by atoms with Crippen molar-refractivity contribution >= 4 is 11.7 Å². The Morgan fingerprint density at radius 1 is 1.07 bits per heavy atom. The molecule has 160 valence electrons. The molecule has 1 aliphatic heterocycles. The first-order valence-corrected chi connectivity index (χ1v) is 10.7. The van der Waals surface area contributed by atoms with Gasteiger partial charge in [-0.2, -0.15) is 0 Å². The van der Waals surface area contributed by atoms with Gasteiger partial charge in [0.25, 0.3) is 5.91 Å². The van der Waals surface area contributed by atoms with Crippen LogP contribution in [0.1, 0.15) is 64.5 Å². The number of phenols is 1. The van der Waals surface area contributed by atoms with E-state index in [-0.39, 0.29) is 17.1 Å². The summed E-state index contributed by atoms with van der Waals surface area (Å²) in [6.45, 7) is 9.11. The van der Waals surface area contributed by atoms with Crippen LogP contribution >= 0.6 is 0 Å². The zero-order valence-electron chi connectivity index (χ0n) is 17.9. The fourth-order valence-corrected chi connectivity index (χ4v) is 3.85. The lowest BCUT2D eigenvalue weighted by Crippen LogP contribution is -2.35. The van der Waals surface area contributed by atoms with Gasteiger partial charge in [-0.25, -0.2) is 0 Å². The van der Waals surface area contributed by atoms with Gasteiger partial charge in [0, 0.05) is 6.54 Å². The van der Waals surface area contributed by atoms with Gasteiger partial charge < -0.3 is 20.0 Å². The van der Waals surface area contributed by atoms with Crippen molar-refractivity contribution in [3.05, 3.63) is 41.2 Å². The van der Waals surface area contributed by atoms with Crippen LogP contribution in [0.5, 0.6) is 5.75 Å². The van der Waals surface area contributed by atoms with Gasteiger partial charge >= 0.3 is 0 Å². The van der Waals surface area contributed by atoms with Crippen molar-refractivity contribution in [2.45, 2.75) is 58.9 Å². The molecule has 2 rings (SSSR count). The average molecular weight is 403 g/mol. The number of nitrogens with zero attached hydrogens (tertiary/aromatic N) is 2. The molecular weight excluding hydrogens is 368 g/mol. The molecule has 1 heterocycles. The maximum atomic E-state index is 12.7. The summed E-state index contributed by atoms with van der Waals surface area (Å²) in [5.74, 6) is -1.26. The smallest absolute Gasteiger partial charge is 0.290 e. The number of benzene rings is 1. The number of aliphatic hydroxyl groups is 1. The second kappa shape index (κ2) is 11.0. The fraction of sp³-hybridized carbons (Fsp3) is 0.565. The molecule has 2 N–H and O–H groups in total. The van der Waals surface area contributed by atoms with Gasteiger partial charge in [0.1, 0.15) is 5.75 Å². The Morgan fingerprint density at radius 2 is 1.69 bits per heavy atom. The van der Waals surface area contributed by atoms with Gasteiger partial charge in [0.2, 0.25) is 0 Å². The Labute approximate surface area is 173 Å². The van der Waals surface area contributed by atoms with Gasteiger partial charge in [0.05, 0.1) is 11.6 Å². The molecule has 0 aromatic heterocycles. The summed E-state index contributed by atoms with van der Waals surface area (Å²) in [5.41, 5.74) is 0.732. The minimum atomic E-state index is -0.660. The van der Waals surface area contributed by atoms with E-state index < -0.39 is 17.7 Å². The van der Waals surface area contributed by atoms with Crippen LogP contribution in [0.25, 0.3) is 0 Å². The van der Waals surface area contributed by atoms with Crippen LogP contribution in [0.4, 0.5) is 0 Å². The van der Waals surface area contributed by atoms with Crippen LogP contribution in [-0.2, 0) is 9.59 Å². The largest absolute Gasteiger partial charge is 0.508 e. The number of carbonyl (C=O) groups is 2. The van der Waals surface area contributed by atoms with Crippen molar-refractivity contribution in [2.24, 2.45) is 0 Å². The number of aromatic hydroxyl groups is 1. The normalized spacial score (nSPS) is 16.9. The van der Waals surface area contributed by atoms with E-state index in [1.807, 2.05) is 0 Å². The predicted molar refractivity (Wildman–Crippen MR) is 114 cm³/mol. The quantitative estimate of drug-likeness (QED) is 0.553. The summed E-state index contributed by atoms with van der Waals surface area (Å²) in [6, 6.07) is 5.87. The lowest BCUT2D eigenvalue weighted by Gasteiger charge is -2.28. The highest BCUT2D eigenvalue weighted by Crippen LogP contribution is 2.38. The third kappa shape index (κ3) is 5.82. The van der Waals surface area contributed by atoms with Crippen LogP contribution in [0.15, 0.2) is 35.6 Å². The second-order valence-electron chi connectivity index (χ2n) is 7.72. The van der Waals surface area contributed by atoms with Gasteiger partial charge in [0.15, 0.2) is 11.5 Å². The number of phenolic OH excluding ortho intramolecular Hbond substituents is 1. The number of Topliss-reactive ketones (excluding diaryl/α,β-unsaturated/α-hetero) is 1. The van der Waals surface area contributed by atoms with Crippen LogP contribution in [0.2, 0.25) is 0 Å². The number of hydrogen-bond donors (Lipinski definition) is 2. The average Bonchev–Trinajstić information content (AvgIpc) is 2.94. The third-order valence-electron chi connectivity index (χ3n) is 5.40. The predicted octanol–water partition coefficient (Wildman–Crippen LogP) is 3.97. The Kier molecular flexibility index (Phi) is 8.70. The number of aliphatic hydroxyl groups excluding tert-OH is 1. The molecule has 0 unspecified atom stereocenters. The maximum Gasteiger partial charge on any atom is 0.290 e. The molecule has 0 fully saturated rings. The minimum Gasteiger partial charge on any atom is -0.508 e. The Hall–Kier alpha value is -2.34.